The highest BCUT2D eigenvalue weighted by Gasteiger charge is 2.30. The van der Waals surface area contributed by atoms with E-state index in [4.69, 9.17) is 0 Å². The van der Waals surface area contributed by atoms with Gasteiger partial charge in [-0.25, -0.2) is 9.97 Å². The van der Waals surface area contributed by atoms with Crippen LogP contribution in [-0.2, 0) is 6.18 Å². The molecule has 0 unspecified atom stereocenters. The van der Waals surface area contributed by atoms with E-state index in [9.17, 15) is 18.3 Å². The summed E-state index contributed by atoms with van der Waals surface area (Å²) in [4.78, 5) is 7.83. The van der Waals surface area contributed by atoms with Gasteiger partial charge in [-0.3, -0.25) is 0 Å². The van der Waals surface area contributed by atoms with Crippen molar-refractivity contribution in [2.24, 2.45) is 0 Å². The SMILES string of the molecule is C[C@@H](O)c1ccnc(Sc2ccc(C(F)(F)F)cn2)c1. The van der Waals surface area contributed by atoms with Crippen LogP contribution < -0.4 is 0 Å². The number of pyridine rings is 2. The second-order valence-corrected chi connectivity index (χ2v) is 5.13. The zero-order valence-electron chi connectivity index (χ0n) is 10.4. The molecule has 3 nitrogen and oxygen atoms in total. The molecule has 2 heterocycles. The quantitative estimate of drug-likeness (QED) is 0.939. The highest BCUT2D eigenvalue weighted by molar-refractivity contribution is 7.99. The highest BCUT2D eigenvalue weighted by Crippen LogP contribution is 2.31. The number of hydrogen-bond acceptors (Lipinski definition) is 4. The van der Waals surface area contributed by atoms with E-state index in [0.717, 1.165) is 24.0 Å². The summed E-state index contributed by atoms with van der Waals surface area (Å²) in [6.45, 7) is 1.63. The van der Waals surface area contributed by atoms with Crippen molar-refractivity contribution in [2.75, 3.05) is 0 Å². The number of rotatable bonds is 3. The Kier molecular flexibility index (Phi) is 4.29. The first-order chi connectivity index (χ1) is 9.36. The van der Waals surface area contributed by atoms with E-state index >= 15 is 0 Å². The van der Waals surface area contributed by atoms with Crippen molar-refractivity contribution in [3.05, 3.63) is 47.8 Å². The first-order valence-electron chi connectivity index (χ1n) is 5.71. The van der Waals surface area contributed by atoms with Gasteiger partial charge in [0.05, 0.1) is 11.7 Å². The van der Waals surface area contributed by atoms with Gasteiger partial charge in [0.1, 0.15) is 10.1 Å². The predicted octanol–water partition coefficient (Wildman–Crippen LogP) is 3.70. The Morgan fingerprint density at radius 1 is 1.15 bits per heavy atom. The van der Waals surface area contributed by atoms with Crippen LogP contribution in [0.1, 0.15) is 24.2 Å². The topological polar surface area (TPSA) is 46.0 Å². The number of halogens is 3. The van der Waals surface area contributed by atoms with Crippen molar-refractivity contribution in [1.82, 2.24) is 9.97 Å². The molecule has 2 aromatic rings. The van der Waals surface area contributed by atoms with Gasteiger partial charge >= 0.3 is 6.18 Å². The molecule has 0 aliphatic rings. The Morgan fingerprint density at radius 2 is 1.90 bits per heavy atom. The fourth-order valence-electron chi connectivity index (χ4n) is 1.46. The van der Waals surface area contributed by atoms with Gasteiger partial charge in [0.2, 0.25) is 0 Å². The molecule has 0 fully saturated rings. The molecule has 1 atom stereocenters. The first kappa shape index (κ1) is 14.8. The standard InChI is InChI=1S/C13H11F3N2OS/c1-8(19)9-4-5-17-12(6-9)20-11-3-2-10(7-18-11)13(14,15)16/h2-8,19H,1H3/t8-/m1/s1. The number of aromatic nitrogens is 2. The van der Waals surface area contributed by atoms with E-state index in [-0.39, 0.29) is 0 Å². The number of nitrogens with zero attached hydrogens (tertiary/aromatic N) is 2. The molecule has 106 valence electrons. The summed E-state index contributed by atoms with van der Waals surface area (Å²) in [7, 11) is 0. The number of aliphatic hydroxyl groups excluding tert-OH is 1. The second kappa shape index (κ2) is 5.80. The summed E-state index contributed by atoms with van der Waals surface area (Å²) in [5, 5.41) is 10.4. The molecular formula is C13H11F3N2OS. The van der Waals surface area contributed by atoms with E-state index in [1.807, 2.05) is 0 Å². The highest BCUT2D eigenvalue weighted by atomic mass is 32.2. The van der Waals surface area contributed by atoms with Gasteiger partial charge in [-0.1, -0.05) is 11.8 Å². The lowest BCUT2D eigenvalue weighted by Crippen LogP contribution is -2.05. The van der Waals surface area contributed by atoms with Crippen molar-refractivity contribution < 1.29 is 18.3 Å². The molecule has 1 N–H and O–H groups in total. The third kappa shape index (κ3) is 3.71. The predicted molar refractivity (Wildman–Crippen MR) is 68.2 cm³/mol. The molecule has 2 aromatic heterocycles. The number of hydrogen-bond donors (Lipinski definition) is 1. The van der Waals surface area contributed by atoms with E-state index < -0.39 is 17.8 Å². The minimum absolute atomic E-state index is 0.410. The third-order valence-electron chi connectivity index (χ3n) is 2.51. The monoisotopic (exact) mass is 300 g/mol. The van der Waals surface area contributed by atoms with Crippen molar-refractivity contribution in [3.8, 4) is 0 Å². The average Bonchev–Trinajstić information content (AvgIpc) is 2.38. The van der Waals surface area contributed by atoms with E-state index in [1.54, 1.807) is 19.1 Å². The van der Waals surface area contributed by atoms with Crippen LogP contribution in [0, 0.1) is 0 Å². The molecule has 0 amide bonds. The molecule has 20 heavy (non-hydrogen) atoms. The number of aliphatic hydroxyl groups is 1. The summed E-state index contributed by atoms with van der Waals surface area (Å²) in [6.07, 6.45) is -2.69. The van der Waals surface area contributed by atoms with E-state index in [0.29, 0.717) is 15.6 Å². The van der Waals surface area contributed by atoms with Gasteiger partial charge in [-0.05, 0) is 36.8 Å². The Labute approximate surface area is 117 Å². The van der Waals surface area contributed by atoms with Crippen LogP contribution >= 0.6 is 11.8 Å². The fourth-order valence-corrected chi connectivity index (χ4v) is 2.22. The van der Waals surface area contributed by atoms with E-state index in [2.05, 4.69) is 9.97 Å². The van der Waals surface area contributed by atoms with Crippen LogP contribution in [0.4, 0.5) is 13.2 Å². The maximum Gasteiger partial charge on any atom is 0.417 e. The smallest absolute Gasteiger partial charge is 0.389 e. The van der Waals surface area contributed by atoms with Crippen LogP contribution in [0.2, 0.25) is 0 Å². The molecule has 0 aliphatic carbocycles. The van der Waals surface area contributed by atoms with Crippen molar-refractivity contribution in [3.63, 3.8) is 0 Å². The Morgan fingerprint density at radius 3 is 2.45 bits per heavy atom. The molecule has 0 radical (unpaired) electrons. The second-order valence-electron chi connectivity index (χ2n) is 4.09. The zero-order chi connectivity index (χ0) is 14.8. The van der Waals surface area contributed by atoms with Crippen LogP contribution in [-0.4, -0.2) is 15.1 Å². The lowest BCUT2D eigenvalue weighted by atomic mass is 10.2. The van der Waals surface area contributed by atoms with Crippen LogP contribution in [0.25, 0.3) is 0 Å². The van der Waals surface area contributed by atoms with Crippen LogP contribution in [0.3, 0.4) is 0 Å². The van der Waals surface area contributed by atoms with Crippen molar-refractivity contribution >= 4 is 11.8 Å². The van der Waals surface area contributed by atoms with Gasteiger partial charge in [-0.15, -0.1) is 0 Å². The Balaban J connectivity index is 2.16. The van der Waals surface area contributed by atoms with Gasteiger partial charge in [0.15, 0.2) is 0 Å². The lowest BCUT2D eigenvalue weighted by molar-refractivity contribution is -0.137. The van der Waals surface area contributed by atoms with Gasteiger partial charge in [-0.2, -0.15) is 13.2 Å². The fraction of sp³-hybridized carbons (Fsp3) is 0.231. The summed E-state index contributed by atoms with van der Waals surface area (Å²) in [5.74, 6) is 0. The third-order valence-corrected chi connectivity index (χ3v) is 3.40. The van der Waals surface area contributed by atoms with Crippen molar-refractivity contribution in [1.29, 1.82) is 0 Å². The van der Waals surface area contributed by atoms with Crippen molar-refractivity contribution in [2.45, 2.75) is 29.3 Å². The maximum absolute atomic E-state index is 12.4. The normalized spacial score (nSPS) is 13.2. The first-order valence-corrected chi connectivity index (χ1v) is 6.53. The molecule has 2 rings (SSSR count). The Hall–Kier alpha value is -1.60. The lowest BCUT2D eigenvalue weighted by Gasteiger charge is -2.08. The zero-order valence-corrected chi connectivity index (χ0v) is 11.2. The minimum atomic E-state index is -4.39. The molecule has 0 bridgehead atoms. The molecule has 0 aliphatic heterocycles. The minimum Gasteiger partial charge on any atom is -0.389 e. The van der Waals surface area contributed by atoms with Gasteiger partial charge in [0.25, 0.3) is 0 Å². The average molecular weight is 300 g/mol. The molecule has 0 spiro atoms. The molecule has 0 saturated carbocycles. The maximum atomic E-state index is 12.4. The molecule has 0 saturated heterocycles. The molecular weight excluding hydrogens is 289 g/mol. The summed E-state index contributed by atoms with van der Waals surface area (Å²) in [5.41, 5.74) is -0.0954. The van der Waals surface area contributed by atoms with Crippen LogP contribution in [0.15, 0.2) is 46.7 Å². The summed E-state index contributed by atoms with van der Waals surface area (Å²) >= 11 is 1.14. The molecule has 7 heteroatoms. The van der Waals surface area contributed by atoms with Crippen LogP contribution in [0.5, 0.6) is 0 Å². The Bertz CT molecular complexity index is 585. The molecule has 0 aromatic carbocycles. The van der Waals surface area contributed by atoms with Gasteiger partial charge < -0.3 is 5.11 Å². The summed E-state index contributed by atoms with van der Waals surface area (Å²) < 4.78 is 37.2. The summed E-state index contributed by atoms with van der Waals surface area (Å²) in [6, 6.07) is 5.63. The van der Waals surface area contributed by atoms with Gasteiger partial charge in [0, 0.05) is 12.4 Å². The van der Waals surface area contributed by atoms with E-state index in [1.165, 1.54) is 12.3 Å². The largest absolute Gasteiger partial charge is 0.417 e. The number of alkyl halides is 3.